The molecule has 2 aromatic carbocycles. The highest BCUT2D eigenvalue weighted by molar-refractivity contribution is 6.09. The quantitative estimate of drug-likeness (QED) is 0.783. The number of hydrogen-bond donors (Lipinski definition) is 1. The van der Waals surface area contributed by atoms with Crippen LogP contribution < -0.4 is 5.32 Å². The number of anilines is 1. The summed E-state index contributed by atoms with van der Waals surface area (Å²) in [6.07, 6.45) is 0. The molecular formula is C15H14N2. The SMILES string of the molecule is C[C@@H]1Nc2ccccc2N=C1c1ccccc1. The highest BCUT2D eigenvalue weighted by atomic mass is 15.0. The van der Waals surface area contributed by atoms with Gasteiger partial charge in [-0.15, -0.1) is 0 Å². The fraction of sp³-hybridized carbons (Fsp3) is 0.133. The van der Waals surface area contributed by atoms with Crippen LogP contribution in [-0.2, 0) is 0 Å². The second-order valence-corrected chi connectivity index (χ2v) is 4.25. The predicted molar refractivity (Wildman–Crippen MR) is 72.2 cm³/mol. The van der Waals surface area contributed by atoms with E-state index in [4.69, 9.17) is 4.99 Å². The molecule has 1 N–H and O–H groups in total. The average molecular weight is 222 g/mol. The van der Waals surface area contributed by atoms with Crippen LogP contribution in [0.1, 0.15) is 12.5 Å². The zero-order chi connectivity index (χ0) is 11.7. The predicted octanol–water partition coefficient (Wildman–Crippen LogP) is 3.62. The lowest BCUT2D eigenvalue weighted by Gasteiger charge is -2.24. The molecule has 3 rings (SSSR count). The van der Waals surface area contributed by atoms with Crippen molar-refractivity contribution in [2.75, 3.05) is 5.32 Å². The Morgan fingerprint density at radius 1 is 0.941 bits per heavy atom. The Morgan fingerprint density at radius 3 is 2.47 bits per heavy atom. The summed E-state index contributed by atoms with van der Waals surface area (Å²) in [4.78, 5) is 4.75. The molecule has 1 aliphatic rings. The van der Waals surface area contributed by atoms with Crippen molar-refractivity contribution in [3.8, 4) is 0 Å². The van der Waals surface area contributed by atoms with E-state index in [2.05, 4.69) is 30.4 Å². The van der Waals surface area contributed by atoms with Gasteiger partial charge in [-0.2, -0.15) is 0 Å². The highest BCUT2D eigenvalue weighted by Crippen LogP contribution is 2.30. The number of nitrogens with one attached hydrogen (secondary N) is 1. The first-order chi connectivity index (χ1) is 8.34. The largest absolute Gasteiger partial charge is 0.375 e. The van der Waals surface area contributed by atoms with Gasteiger partial charge in [0.2, 0.25) is 0 Å². The van der Waals surface area contributed by atoms with Gasteiger partial charge in [-0.25, -0.2) is 4.99 Å². The molecule has 0 bridgehead atoms. The minimum atomic E-state index is 0.243. The Bertz CT molecular complexity index is 558. The summed E-state index contributed by atoms with van der Waals surface area (Å²) in [5, 5.41) is 3.48. The Balaban J connectivity index is 2.10. The van der Waals surface area contributed by atoms with Gasteiger partial charge < -0.3 is 5.32 Å². The summed E-state index contributed by atoms with van der Waals surface area (Å²) in [7, 11) is 0. The van der Waals surface area contributed by atoms with E-state index in [1.807, 2.05) is 36.4 Å². The molecule has 0 spiro atoms. The Kier molecular flexibility index (Phi) is 2.41. The smallest absolute Gasteiger partial charge is 0.0865 e. The molecule has 2 nitrogen and oxygen atoms in total. The average Bonchev–Trinajstić information content (AvgIpc) is 2.39. The number of hydrogen-bond acceptors (Lipinski definition) is 2. The molecule has 1 atom stereocenters. The van der Waals surface area contributed by atoms with Gasteiger partial charge in [-0.05, 0) is 24.6 Å². The lowest BCUT2D eigenvalue weighted by molar-refractivity contribution is 1.03. The fourth-order valence-electron chi connectivity index (χ4n) is 2.14. The third kappa shape index (κ3) is 1.82. The van der Waals surface area contributed by atoms with E-state index in [0.717, 1.165) is 17.1 Å². The number of nitrogens with zero attached hydrogens (tertiary/aromatic N) is 1. The minimum absolute atomic E-state index is 0.243. The minimum Gasteiger partial charge on any atom is -0.375 e. The Hall–Kier alpha value is -2.09. The summed E-state index contributed by atoms with van der Waals surface area (Å²) in [6, 6.07) is 18.7. The van der Waals surface area contributed by atoms with Gasteiger partial charge in [0.05, 0.1) is 23.1 Å². The third-order valence-corrected chi connectivity index (χ3v) is 3.00. The normalized spacial score (nSPS) is 17.9. The van der Waals surface area contributed by atoms with E-state index in [0.29, 0.717) is 0 Å². The highest BCUT2D eigenvalue weighted by Gasteiger charge is 2.18. The first-order valence-electron chi connectivity index (χ1n) is 5.84. The molecule has 0 saturated carbocycles. The van der Waals surface area contributed by atoms with E-state index in [9.17, 15) is 0 Å². The molecule has 0 saturated heterocycles. The number of benzene rings is 2. The molecule has 0 amide bonds. The number of fused-ring (bicyclic) bond motifs is 1. The topological polar surface area (TPSA) is 24.4 Å². The van der Waals surface area contributed by atoms with Crippen LogP contribution in [0.25, 0.3) is 0 Å². The maximum absolute atomic E-state index is 4.75. The van der Waals surface area contributed by atoms with Crippen molar-refractivity contribution in [3.05, 3.63) is 60.2 Å². The number of rotatable bonds is 1. The van der Waals surface area contributed by atoms with Crippen LogP contribution in [0.2, 0.25) is 0 Å². The van der Waals surface area contributed by atoms with E-state index < -0.39 is 0 Å². The molecule has 0 unspecified atom stereocenters. The molecule has 0 aliphatic carbocycles. The zero-order valence-electron chi connectivity index (χ0n) is 9.72. The van der Waals surface area contributed by atoms with Crippen molar-refractivity contribution >= 4 is 17.1 Å². The molecule has 0 aromatic heterocycles. The summed E-state index contributed by atoms with van der Waals surface area (Å²) in [5.41, 5.74) is 4.41. The van der Waals surface area contributed by atoms with Gasteiger partial charge in [0.1, 0.15) is 0 Å². The van der Waals surface area contributed by atoms with Crippen molar-refractivity contribution in [2.24, 2.45) is 4.99 Å². The molecule has 2 aromatic rings. The van der Waals surface area contributed by atoms with Gasteiger partial charge in [0, 0.05) is 0 Å². The summed E-state index contributed by atoms with van der Waals surface area (Å²) in [5.74, 6) is 0. The fourth-order valence-corrected chi connectivity index (χ4v) is 2.14. The third-order valence-electron chi connectivity index (χ3n) is 3.00. The molecular weight excluding hydrogens is 208 g/mol. The van der Waals surface area contributed by atoms with Crippen molar-refractivity contribution in [3.63, 3.8) is 0 Å². The molecule has 17 heavy (non-hydrogen) atoms. The van der Waals surface area contributed by atoms with Crippen LogP contribution in [-0.4, -0.2) is 11.8 Å². The monoisotopic (exact) mass is 222 g/mol. The molecule has 1 aliphatic heterocycles. The molecule has 84 valence electrons. The standard InChI is InChI=1S/C15H14N2/c1-11-15(12-7-3-2-4-8-12)17-14-10-6-5-9-13(14)16-11/h2-11,16H,1H3/t11-/m0/s1. The molecule has 0 fully saturated rings. The van der Waals surface area contributed by atoms with Crippen molar-refractivity contribution in [1.29, 1.82) is 0 Å². The van der Waals surface area contributed by atoms with Crippen LogP contribution >= 0.6 is 0 Å². The van der Waals surface area contributed by atoms with E-state index >= 15 is 0 Å². The van der Waals surface area contributed by atoms with Crippen molar-refractivity contribution in [2.45, 2.75) is 13.0 Å². The van der Waals surface area contributed by atoms with Gasteiger partial charge in [0.15, 0.2) is 0 Å². The van der Waals surface area contributed by atoms with Gasteiger partial charge >= 0.3 is 0 Å². The molecule has 1 heterocycles. The maximum atomic E-state index is 4.75. The zero-order valence-corrected chi connectivity index (χ0v) is 9.72. The van der Waals surface area contributed by atoms with Crippen molar-refractivity contribution < 1.29 is 0 Å². The first-order valence-corrected chi connectivity index (χ1v) is 5.84. The summed E-state index contributed by atoms with van der Waals surface area (Å²) < 4.78 is 0. The van der Waals surface area contributed by atoms with Crippen molar-refractivity contribution in [1.82, 2.24) is 0 Å². The Morgan fingerprint density at radius 2 is 1.65 bits per heavy atom. The lowest BCUT2D eigenvalue weighted by Crippen LogP contribution is -2.29. The van der Waals surface area contributed by atoms with E-state index in [-0.39, 0.29) is 6.04 Å². The van der Waals surface area contributed by atoms with Crippen LogP contribution in [0.3, 0.4) is 0 Å². The van der Waals surface area contributed by atoms with Crippen LogP contribution in [0, 0.1) is 0 Å². The maximum Gasteiger partial charge on any atom is 0.0865 e. The Labute approximate surface area is 101 Å². The van der Waals surface area contributed by atoms with E-state index in [1.165, 1.54) is 5.56 Å². The first kappa shape index (κ1) is 10.1. The lowest BCUT2D eigenvalue weighted by atomic mass is 10.0. The van der Waals surface area contributed by atoms with Gasteiger partial charge in [0.25, 0.3) is 0 Å². The number of aliphatic imine (C=N–C) groups is 1. The van der Waals surface area contributed by atoms with Gasteiger partial charge in [-0.3, -0.25) is 0 Å². The van der Waals surface area contributed by atoms with Gasteiger partial charge in [-0.1, -0.05) is 42.5 Å². The van der Waals surface area contributed by atoms with Crippen LogP contribution in [0.5, 0.6) is 0 Å². The van der Waals surface area contributed by atoms with E-state index in [1.54, 1.807) is 0 Å². The molecule has 2 heteroatoms. The summed E-state index contributed by atoms with van der Waals surface area (Å²) >= 11 is 0. The summed E-state index contributed by atoms with van der Waals surface area (Å²) in [6.45, 7) is 2.14. The van der Waals surface area contributed by atoms with Crippen LogP contribution in [0.4, 0.5) is 11.4 Å². The number of para-hydroxylation sites is 2. The second-order valence-electron chi connectivity index (χ2n) is 4.25. The second kappa shape index (κ2) is 4.06. The van der Waals surface area contributed by atoms with Crippen LogP contribution in [0.15, 0.2) is 59.6 Å². The molecule has 0 radical (unpaired) electrons.